The lowest BCUT2D eigenvalue weighted by Gasteiger charge is -2.37. The van der Waals surface area contributed by atoms with Gasteiger partial charge in [0.05, 0.1) is 53.1 Å². The molecule has 4 atom stereocenters. The maximum absolute atomic E-state index is 15.2. The first-order valence-electron chi connectivity index (χ1n) is 18.4. The molecule has 12 heteroatoms. The maximum Gasteiger partial charge on any atom is 0.414 e. The molecule has 0 aromatic heterocycles. The minimum atomic E-state index is -2.51. The Kier molecular flexibility index (Phi) is 10.7. The molecule has 0 saturated carbocycles. The summed E-state index contributed by atoms with van der Waals surface area (Å²) >= 11 is 3.68. The molecule has 0 bridgehead atoms. The van der Waals surface area contributed by atoms with Gasteiger partial charge in [0.1, 0.15) is 12.4 Å². The number of benzene rings is 4. The van der Waals surface area contributed by atoms with Crippen LogP contribution in [0.3, 0.4) is 0 Å². The molecule has 10 nitrogen and oxygen atoms in total. The molecule has 54 heavy (non-hydrogen) atoms. The van der Waals surface area contributed by atoms with E-state index >= 15 is 4.79 Å². The number of hydrogen-bond acceptors (Lipinski definition) is 7. The summed E-state index contributed by atoms with van der Waals surface area (Å²) in [5.41, 5.74) is 2.67. The number of aliphatic hydroxyl groups is 1. The van der Waals surface area contributed by atoms with Crippen LogP contribution in [0.4, 0.5) is 16.2 Å². The highest BCUT2D eigenvalue weighted by atomic mass is 79.9. The summed E-state index contributed by atoms with van der Waals surface area (Å²) in [5, 5.41) is 11.2. The van der Waals surface area contributed by atoms with Crippen molar-refractivity contribution in [3.8, 4) is 5.75 Å². The van der Waals surface area contributed by atoms with Gasteiger partial charge < -0.3 is 29.1 Å². The van der Waals surface area contributed by atoms with Gasteiger partial charge >= 0.3 is 6.09 Å². The zero-order valence-corrected chi connectivity index (χ0v) is 33.6. The van der Waals surface area contributed by atoms with Crippen LogP contribution in [0.2, 0.25) is 18.6 Å². The second-order valence-corrected chi connectivity index (χ2v) is 20.5. The van der Waals surface area contributed by atoms with Gasteiger partial charge in [0.15, 0.2) is 5.60 Å². The summed E-state index contributed by atoms with van der Waals surface area (Å²) in [4.78, 5) is 46.8. The van der Waals surface area contributed by atoms with E-state index in [0.29, 0.717) is 26.2 Å². The quantitative estimate of drug-likeness (QED) is 0.161. The number of amides is 3. The number of hydrogen-bond donors (Lipinski definition) is 1. The van der Waals surface area contributed by atoms with Gasteiger partial charge in [-0.2, -0.15) is 0 Å². The van der Waals surface area contributed by atoms with Crippen LogP contribution >= 0.6 is 15.9 Å². The molecule has 4 aromatic carbocycles. The number of nitrogens with zero attached hydrogens (tertiary/aromatic N) is 3. The molecule has 7 rings (SSSR count). The second kappa shape index (κ2) is 15.3. The molecule has 0 radical (unpaired) electrons. The third-order valence-corrected chi connectivity index (χ3v) is 16.3. The van der Waals surface area contributed by atoms with Crippen LogP contribution in [0.15, 0.2) is 102 Å². The summed E-state index contributed by atoms with van der Waals surface area (Å²) in [6.07, 6.45) is -0.884. The zero-order chi connectivity index (χ0) is 38.2. The normalized spacial score (nSPS) is 22.1. The fourth-order valence-electron chi connectivity index (χ4n) is 8.75. The van der Waals surface area contributed by atoms with Crippen LogP contribution in [0.5, 0.6) is 5.75 Å². The topological polar surface area (TPSA) is 109 Å². The van der Waals surface area contributed by atoms with Crippen molar-refractivity contribution in [3.63, 3.8) is 0 Å². The number of carbonyl (C=O) groups is 3. The van der Waals surface area contributed by atoms with Crippen molar-refractivity contribution in [2.75, 3.05) is 43.2 Å². The van der Waals surface area contributed by atoms with Crippen molar-refractivity contribution in [2.24, 2.45) is 5.92 Å². The van der Waals surface area contributed by atoms with Crippen molar-refractivity contribution in [2.45, 2.75) is 56.8 Å². The molecule has 3 aliphatic rings. The first kappa shape index (κ1) is 37.8. The summed E-state index contributed by atoms with van der Waals surface area (Å²) in [6.45, 7) is 8.22. The minimum Gasteiger partial charge on any atom is -0.497 e. The average molecular weight is 813 g/mol. The van der Waals surface area contributed by atoms with E-state index in [9.17, 15) is 14.7 Å². The lowest BCUT2D eigenvalue weighted by molar-refractivity contribution is -0.150. The fraction of sp³-hybridized carbons (Fsp3) is 0.357. The average Bonchev–Trinajstić information content (AvgIpc) is 3.80. The number of halogens is 1. The molecule has 0 aliphatic carbocycles. The van der Waals surface area contributed by atoms with Gasteiger partial charge in [-0.25, -0.2) is 4.79 Å². The SMILES string of the molecule is COc1ccc([Si](C)(C)[C@@H]2[C@@H](CC(=O)N(CCO)Cc3ccccc3)O[C@]3(C(=O)N(Cc4ccc(N5CCOC5=O)cc4)c4ccc(Br)cc43)[C@H]2C)cc1. The number of cyclic esters (lactones) is 1. The van der Waals surface area contributed by atoms with Crippen LogP contribution in [-0.4, -0.2) is 75.5 Å². The van der Waals surface area contributed by atoms with E-state index in [1.807, 2.05) is 84.9 Å². The van der Waals surface area contributed by atoms with E-state index in [-0.39, 0.29) is 48.9 Å². The van der Waals surface area contributed by atoms with Crippen LogP contribution in [0.25, 0.3) is 0 Å². The number of anilines is 2. The molecule has 3 heterocycles. The van der Waals surface area contributed by atoms with E-state index in [0.717, 1.165) is 38.3 Å². The molecule has 282 valence electrons. The van der Waals surface area contributed by atoms with Gasteiger partial charge in [-0.05, 0) is 59.1 Å². The fourth-order valence-corrected chi connectivity index (χ4v) is 13.1. The number of fused-ring (bicyclic) bond motifs is 2. The van der Waals surface area contributed by atoms with Gasteiger partial charge in [0, 0.05) is 34.7 Å². The molecule has 4 aromatic rings. The highest BCUT2D eigenvalue weighted by Gasteiger charge is 2.66. The first-order valence-corrected chi connectivity index (χ1v) is 22.2. The Morgan fingerprint density at radius 1 is 1.00 bits per heavy atom. The predicted molar refractivity (Wildman–Crippen MR) is 214 cm³/mol. The molecule has 3 aliphatic heterocycles. The van der Waals surface area contributed by atoms with Gasteiger partial charge in [-0.1, -0.05) is 95.7 Å². The minimum absolute atomic E-state index is 0.0627. The van der Waals surface area contributed by atoms with E-state index in [4.69, 9.17) is 14.2 Å². The van der Waals surface area contributed by atoms with Gasteiger partial charge in [0.2, 0.25) is 5.91 Å². The van der Waals surface area contributed by atoms with Crippen molar-refractivity contribution in [3.05, 3.63) is 118 Å². The van der Waals surface area contributed by atoms with Crippen molar-refractivity contribution in [1.82, 2.24) is 4.90 Å². The summed E-state index contributed by atoms with van der Waals surface area (Å²) in [5.74, 6) is 0.169. The molecule has 2 saturated heterocycles. The van der Waals surface area contributed by atoms with Crippen molar-refractivity contribution in [1.29, 1.82) is 0 Å². The number of carbonyl (C=O) groups excluding carboxylic acids is 3. The van der Waals surface area contributed by atoms with E-state index in [2.05, 4.69) is 48.1 Å². The highest BCUT2D eigenvalue weighted by molar-refractivity contribution is 9.10. The Bertz CT molecular complexity index is 2010. The van der Waals surface area contributed by atoms with E-state index in [1.165, 1.54) is 5.19 Å². The Morgan fingerprint density at radius 3 is 2.37 bits per heavy atom. The Labute approximate surface area is 325 Å². The monoisotopic (exact) mass is 811 g/mol. The van der Waals surface area contributed by atoms with Gasteiger partial charge in [-0.3, -0.25) is 14.5 Å². The van der Waals surface area contributed by atoms with Gasteiger partial charge in [-0.15, -0.1) is 0 Å². The lowest BCUT2D eigenvalue weighted by Crippen LogP contribution is -2.52. The van der Waals surface area contributed by atoms with E-state index < -0.39 is 19.8 Å². The number of methoxy groups -OCH3 is 1. The first-order chi connectivity index (χ1) is 26.0. The Balaban J connectivity index is 1.26. The van der Waals surface area contributed by atoms with E-state index in [1.54, 1.807) is 21.8 Å². The van der Waals surface area contributed by atoms with Crippen LogP contribution in [-0.2, 0) is 37.8 Å². The molecule has 0 unspecified atom stereocenters. The lowest BCUT2D eigenvalue weighted by atomic mass is 9.82. The smallest absolute Gasteiger partial charge is 0.414 e. The number of rotatable bonds is 12. The highest BCUT2D eigenvalue weighted by Crippen LogP contribution is 2.60. The standard InChI is InChI=1S/C42H46BrN3O7Si/c1-28-39(54(3,4)34-17-15-33(51-2)16-18-34)37(25-38(48)44(20-22-47)26-29-8-6-5-7-9-29)53-42(28)35-24-31(43)12-19-36(35)46(40(42)49)27-30-10-13-32(14-11-30)45-21-23-52-41(45)50/h5-19,24,28,37,39,47H,20-23,25-27H2,1-4H3/t28-,37+,39-,42+/m0/s1. The van der Waals surface area contributed by atoms with Crippen LogP contribution < -0.4 is 19.7 Å². The predicted octanol–water partition coefficient (Wildman–Crippen LogP) is 6.59. The summed E-state index contributed by atoms with van der Waals surface area (Å²) in [6, 6.07) is 31.4. The Hall–Kier alpha value is -4.49. The van der Waals surface area contributed by atoms with Crippen molar-refractivity contribution < 1.29 is 33.7 Å². The Morgan fingerprint density at radius 2 is 1.72 bits per heavy atom. The number of ether oxygens (including phenoxy) is 3. The molecular weight excluding hydrogens is 766 g/mol. The van der Waals surface area contributed by atoms with Crippen molar-refractivity contribution >= 4 is 58.5 Å². The third kappa shape index (κ3) is 6.85. The molecule has 1 spiro atoms. The maximum atomic E-state index is 15.2. The summed E-state index contributed by atoms with van der Waals surface area (Å²) in [7, 11) is -0.860. The van der Waals surface area contributed by atoms with Crippen LogP contribution in [0.1, 0.15) is 30.0 Å². The zero-order valence-electron chi connectivity index (χ0n) is 31.0. The third-order valence-electron chi connectivity index (χ3n) is 11.5. The second-order valence-electron chi connectivity index (χ2n) is 14.9. The molecular formula is C42H46BrN3O7Si. The summed E-state index contributed by atoms with van der Waals surface area (Å²) < 4.78 is 18.7. The van der Waals surface area contributed by atoms with Gasteiger partial charge in [0.25, 0.3) is 5.91 Å². The number of aliphatic hydroxyl groups excluding tert-OH is 1. The molecule has 2 fully saturated rings. The molecule has 3 amide bonds. The van der Waals surface area contributed by atoms with Crippen LogP contribution in [0, 0.1) is 5.92 Å². The molecule has 1 N–H and O–H groups in total. The largest absolute Gasteiger partial charge is 0.497 e.